The van der Waals surface area contributed by atoms with Gasteiger partial charge in [0.2, 0.25) is 0 Å². The van der Waals surface area contributed by atoms with Gasteiger partial charge in [-0.2, -0.15) is 5.10 Å². The fourth-order valence-corrected chi connectivity index (χ4v) is 4.79. The molecule has 1 saturated heterocycles. The minimum atomic E-state index is -0.143. The van der Waals surface area contributed by atoms with Crippen molar-refractivity contribution >= 4 is 23.1 Å². The smallest absolute Gasteiger partial charge is 0.321 e. The number of rotatable bonds is 2. The molecule has 8 nitrogen and oxygen atoms in total. The van der Waals surface area contributed by atoms with Gasteiger partial charge >= 0.3 is 6.03 Å². The number of anilines is 1. The van der Waals surface area contributed by atoms with Gasteiger partial charge in [-0.3, -0.25) is 9.89 Å². The van der Waals surface area contributed by atoms with E-state index in [1.54, 1.807) is 24.5 Å². The van der Waals surface area contributed by atoms with Crippen molar-refractivity contribution in [2.24, 2.45) is 5.92 Å². The molecule has 1 fully saturated rings. The Kier molecular flexibility index (Phi) is 3.82. The summed E-state index contributed by atoms with van der Waals surface area (Å²) in [4.78, 5) is 31.1. The van der Waals surface area contributed by atoms with Gasteiger partial charge in [0.1, 0.15) is 10.7 Å². The van der Waals surface area contributed by atoms with Crippen LogP contribution in [-0.4, -0.2) is 43.8 Å². The summed E-state index contributed by atoms with van der Waals surface area (Å²) in [5, 5.41) is 12.6. The van der Waals surface area contributed by atoms with Crippen LogP contribution >= 0.6 is 11.3 Å². The van der Waals surface area contributed by atoms with Gasteiger partial charge in [0, 0.05) is 48.9 Å². The van der Waals surface area contributed by atoms with Gasteiger partial charge in [-0.15, -0.1) is 11.3 Å². The van der Waals surface area contributed by atoms with Crippen LogP contribution in [0.4, 0.5) is 10.5 Å². The lowest BCUT2D eigenvalue weighted by Crippen LogP contribution is -2.50. The van der Waals surface area contributed by atoms with Crippen LogP contribution in [0, 0.1) is 5.92 Å². The number of hydrogen-bond donors (Lipinski definition) is 2. The van der Waals surface area contributed by atoms with E-state index in [1.165, 1.54) is 11.3 Å². The molecule has 0 aliphatic carbocycles. The summed E-state index contributed by atoms with van der Waals surface area (Å²) in [5.41, 5.74) is 2.42. The Morgan fingerprint density at radius 3 is 3.07 bits per heavy atom. The topological polar surface area (TPSA) is 95.9 Å². The van der Waals surface area contributed by atoms with E-state index in [9.17, 15) is 9.59 Å². The highest BCUT2D eigenvalue weighted by molar-refractivity contribution is 7.13. The van der Waals surface area contributed by atoms with Crippen molar-refractivity contribution in [3.63, 3.8) is 0 Å². The van der Waals surface area contributed by atoms with E-state index >= 15 is 0 Å². The second kappa shape index (κ2) is 6.34. The van der Waals surface area contributed by atoms with Gasteiger partial charge in [0.15, 0.2) is 0 Å². The summed E-state index contributed by atoms with van der Waals surface area (Å²) >= 11 is 1.49. The number of nitrogens with zero attached hydrogens (tertiary/aromatic N) is 4. The summed E-state index contributed by atoms with van der Waals surface area (Å²) in [5.74, 6) is 0.491. The maximum atomic E-state index is 12.9. The average Bonchev–Trinajstić information content (AvgIpc) is 3.34. The molecule has 2 bridgehead atoms. The molecule has 3 aromatic heterocycles. The number of hydrogen-bond acceptors (Lipinski definition) is 5. The van der Waals surface area contributed by atoms with Crippen LogP contribution in [0.15, 0.2) is 40.8 Å². The van der Waals surface area contributed by atoms with Crippen LogP contribution in [0.1, 0.15) is 18.0 Å². The van der Waals surface area contributed by atoms with Crippen LogP contribution in [0.5, 0.6) is 0 Å². The molecule has 0 spiro atoms. The maximum Gasteiger partial charge on any atom is 0.321 e. The quantitative estimate of drug-likeness (QED) is 0.711. The molecule has 9 heteroatoms. The fourth-order valence-electron chi connectivity index (χ4n) is 4.15. The lowest BCUT2D eigenvalue weighted by molar-refractivity contribution is 0.139. The van der Waals surface area contributed by atoms with Gasteiger partial charge < -0.3 is 14.8 Å². The van der Waals surface area contributed by atoms with Gasteiger partial charge in [-0.25, -0.2) is 9.78 Å². The van der Waals surface area contributed by atoms with Crippen LogP contribution < -0.4 is 10.9 Å². The molecule has 0 saturated carbocycles. The first-order valence-electron chi connectivity index (χ1n) is 8.88. The molecule has 138 valence electrons. The molecule has 2 aliphatic rings. The molecule has 0 unspecified atom stereocenters. The Morgan fingerprint density at radius 1 is 1.30 bits per heavy atom. The number of urea groups is 1. The number of pyridine rings is 1. The first kappa shape index (κ1) is 16.2. The van der Waals surface area contributed by atoms with Crippen molar-refractivity contribution in [1.82, 2.24) is 24.6 Å². The maximum absolute atomic E-state index is 12.9. The number of carbonyl (C=O) groups is 1. The third-order valence-corrected chi connectivity index (χ3v) is 6.08. The number of likely N-dealkylation sites (tertiary alicyclic amines) is 1. The largest absolute Gasteiger partial charge is 0.324 e. The number of fused-ring (bicyclic) bond motifs is 4. The van der Waals surface area contributed by atoms with Gasteiger partial charge in [0.25, 0.3) is 5.56 Å². The Labute approximate surface area is 158 Å². The molecule has 5 rings (SSSR count). The highest BCUT2D eigenvalue weighted by Crippen LogP contribution is 2.35. The molecule has 2 amide bonds. The van der Waals surface area contributed by atoms with Crippen molar-refractivity contribution in [3.8, 4) is 10.7 Å². The SMILES string of the molecule is O=C(Nc1cn[nH]c1-c1nccs1)N1C[C@@H]2C[C@H](C1)c1cccc(=O)n1C2. The van der Waals surface area contributed by atoms with E-state index in [-0.39, 0.29) is 17.5 Å². The van der Waals surface area contributed by atoms with Gasteiger partial charge in [-0.1, -0.05) is 6.07 Å². The molecular weight excluding hydrogens is 364 g/mol. The molecular formula is C18H18N6O2S. The molecule has 0 aromatic carbocycles. The van der Waals surface area contributed by atoms with E-state index in [0.29, 0.717) is 36.9 Å². The number of nitrogens with one attached hydrogen (secondary N) is 2. The van der Waals surface area contributed by atoms with E-state index in [0.717, 1.165) is 17.1 Å². The lowest BCUT2D eigenvalue weighted by Gasteiger charge is -2.42. The highest BCUT2D eigenvalue weighted by atomic mass is 32.1. The fraction of sp³-hybridized carbons (Fsp3) is 0.333. The average molecular weight is 382 g/mol. The van der Waals surface area contributed by atoms with Crippen molar-refractivity contribution in [2.75, 3.05) is 18.4 Å². The lowest BCUT2D eigenvalue weighted by atomic mass is 9.83. The van der Waals surface area contributed by atoms with E-state index in [4.69, 9.17) is 0 Å². The second-order valence-corrected chi connectivity index (χ2v) is 7.92. The Bertz CT molecular complexity index is 1040. The Balaban J connectivity index is 1.36. The third-order valence-electron chi connectivity index (χ3n) is 5.29. The Morgan fingerprint density at radius 2 is 2.22 bits per heavy atom. The number of carbonyl (C=O) groups excluding carboxylic acids is 1. The van der Waals surface area contributed by atoms with Gasteiger partial charge in [0.05, 0.1) is 11.9 Å². The zero-order chi connectivity index (χ0) is 18.4. The zero-order valence-electron chi connectivity index (χ0n) is 14.5. The van der Waals surface area contributed by atoms with E-state index in [1.807, 2.05) is 20.9 Å². The van der Waals surface area contributed by atoms with Crippen molar-refractivity contribution in [1.29, 1.82) is 0 Å². The van der Waals surface area contributed by atoms with E-state index < -0.39 is 0 Å². The van der Waals surface area contributed by atoms with Crippen LogP contribution in [-0.2, 0) is 6.54 Å². The summed E-state index contributed by atoms with van der Waals surface area (Å²) in [6.45, 7) is 1.93. The van der Waals surface area contributed by atoms with Crippen LogP contribution in [0.2, 0.25) is 0 Å². The predicted molar refractivity (Wildman–Crippen MR) is 102 cm³/mol. The third kappa shape index (κ3) is 2.84. The van der Waals surface area contributed by atoms with Crippen molar-refractivity contribution < 1.29 is 4.79 Å². The number of H-pyrrole nitrogens is 1. The number of aromatic amines is 1. The summed E-state index contributed by atoms with van der Waals surface area (Å²) in [6.07, 6.45) is 4.34. The molecule has 27 heavy (non-hydrogen) atoms. The standard InChI is InChI=1S/C18H18N6O2S/c25-15-3-1-2-14-12-6-11(9-24(14)15)8-23(10-12)18(26)21-13-7-20-22-16(13)17-19-4-5-27-17/h1-5,7,11-12H,6,8-10H2,(H,20,22)(H,21,26)/t11-,12+/m0/s1. The number of thiazole rings is 1. The normalized spacial score (nSPS) is 21.0. The minimum Gasteiger partial charge on any atom is -0.324 e. The number of piperidine rings is 1. The zero-order valence-corrected chi connectivity index (χ0v) is 15.3. The molecule has 0 radical (unpaired) electrons. The van der Waals surface area contributed by atoms with Crippen LogP contribution in [0.3, 0.4) is 0 Å². The number of aromatic nitrogens is 4. The van der Waals surface area contributed by atoms with Crippen molar-refractivity contribution in [3.05, 3.63) is 52.0 Å². The minimum absolute atomic E-state index is 0.0478. The Hall–Kier alpha value is -2.94. The first-order chi connectivity index (χ1) is 13.2. The first-order valence-corrected chi connectivity index (χ1v) is 9.76. The number of amides is 2. The predicted octanol–water partition coefficient (Wildman–Crippen LogP) is 2.35. The highest BCUT2D eigenvalue weighted by Gasteiger charge is 2.36. The molecule has 5 heterocycles. The molecule has 3 aromatic rings. The molecule has 2 atom stereocenters. The second-order valence-electron chi connectivity index (χ2n) is 7.03. The monoisotopic (exact) mass is 382 g/mol. The summed E-state index contributed by atoms with van der Waals surface area (Å²) in [6, 6.07) is 5.27. The molecule has 2 aliphatic heterocycles. The van der Waals surface area contributed by atoms with Crippen LogP contribution in [0.25, 0.3) is 10.7 Å². The summed E-state index contributed by atoms with van der Waals surface area (Å²) < 4.78 is 1.87. The van der Waals surface area contributed by atoms with Crippen molar-refractivity contribution in [2.45, 2.75) is 18.9 Å². The molecule has 2 N–H and O–H groups in total. The van der Waals surface area contributed by atoms with E-state index in [2.05, 4.69) is 20.5 Å². The summed E-state index contributed by atoms with van der Waals surface area (Å²) in [7, 11) is 0. The van der Waals surface area contributed by atoms with Gasteiger partial charge in [-0.05, 0) is 18.4 Å².